The molecule has 1 aromatic heterocycles. The van der Waals surface area contributed by atoms with E-state index in [0.717, 1.165) is 10.2 Å². The predicted molar refractivity (Wildman–Crippen MR) is 52.2 cm³/mol. The molecule has 1 unspecified atom stereocenters. The van der Waals surface area contributed by atoms with Crippen molar-refractivity contribution in [1.29, 1.82) is 0 Å². The molecule has 0 aliphatic carbocycles. The molecule has 0 saturated heterocycles. The van der Waals surface area contributed by atoms with Crippen LogP contribution in [-0.4, -0.2) is 26.6 Å². The number of aromatic nitrogens is 2. The van der Waals surface area contributed by atoms with Gasteiger partial charge in [0.15, 0.2) is 0 Å². The highest BCUT2D eigenvalue weighted by Gasteiger charge is 2.15. The summed E-state index contributed by atoms with van der Waals surface area (Å²) >= 11 is 3.30. The summed E-state index contributed by atoms with van der Waals surface area (Å²) in [5, 5.41) is 22.3. The van der Waals surface area contributed by atoms with Crippen LogP contribution in [0, 0.1) is 0 Å². The van der Waals surface area contributed by atoms with E-state index in [1.54, 1.807) is 17.9 Å². The summed E-state index contributed by atoms with van der Waals surface area (Å²) < 4.78 is 2.44. The first-order chi connectivity index (χ1) is 6.16. The van der Waals surface area contributed by atoms with Crippen molar-refractivity contribution in [3.8, 4) is 0 Å². The van der Waals surface area contributed by atoms with Crippen LogP contribution >= 0.6 is 15.9 Å². The summed E-state index contributed by atoms with van der Waals surface area (Å²) in [6, 6.07) is 0. The number of nitrogens with zero attached hydrogens (tertiary/aromatic N) is 2. The third-order valence-electron chi connectivity index (χ3n) is 1.89. The number of rotatable bonds is 4. The maximum Gasteiger partial charge on any atom is 0.0968 e. The maximum absolute atomic E-state index is 9.70. The van der Waals surface area contributed by atoms with Crippen LogP contribution in [-0.2, 0) is 7.05 Å². The fraction of sp³-hybridized carbons (Fsp3) is 0.625. The molecule has 0 fully saturated rings. The Balaban J connectivity index is 2.69. The molecule has 1 rings (SSSR count). The lowest BCUT2D eigenvalue weighted by Gasteiger charge is -2.10. The van der Waals surface area contributed by atoms with Gasteiger partial charge in [0, 0.05) is 13.7 Å². The average Bonchev–Trinajstić information content (AvgIpc) is 2.42. The van der Waals surface area contributed by atoms with Gasteiger partial charge in [-0.3, -0.25) is 4.68 Å². The van der Waals surface area contributed by atoms with E-state index in [1.807, 2.05) is 0 Å². The van der Waals surface area contributed by atoms with Crippen molar-refractivity contribution >= 4 is 15.9 Å². The Hall–Kier alpha value is -0.390. The minimum atomic E-state index is -0.561. The van der Waals surface area contributed by atoms with Gasteiger partial charge < -0.3 is 10.2 Å². The molecule has 0 spiro atoms. The quantitative estimate of drug-likeness (QED) is 0.836. The van der Waals surface area contributed by atoms with Gasteiger partial charge in [0.2, 0.25) is 0 Å². The zero-order valence-electron chi connectivity index (χ0n) is 7.44. The molecule has 0 saturated carbocycles. The molecular weight excluding hydrogens is 236 g/mol. The second-order valence-electron chi connectivity index (χ2n) is 2.88. The van der Waals surface area contributed by atoms with Crippen LogP contribution in [0.25, 0.3) is 0 Å². The van der Waals surface area contributed by atoms with Crippen molar-refractivity contribution in [2.75, 3.05) is 6.61 Å². The van der Waals surface area contributed by atoms with E-state index in [1.165, 1.54) is 0 Å². The number of halogens is 1. The Bertz CT molecular complexity index is 256. The van der Waals surface area contributed by atoms with Crippen LogP contribution in [0.1, 0.15) is 24.6 Å². The smallest absolute Gasteiger partial charge is 0.0968 e. The summed E-state index contributed by atoms with van der Waals surface area (Å²) in [5.41, 5.74) is 0.758. The molecule has 0 aliphatic rings. The zero-order valence-corrected chi connectivity index (χ0v) is 9.03. The number of aryl methyl sites for hydroxylation is 1. The standard InChI is InChI=1S/C8H13BrN2O2/c1-11-8(6(9)5-10-11)7(13)3-2-4-12/h5,7,12-13H,2-4H2,1H3. The van der Waals surface area contributed by atoms with Gasteiger partial charge in [0.1, 0.15) is 0 Å². The fourth-order valence-electron chi connectivity index (χ4n) is 1.22. The minimum absolute atomic E-state index is 0.104. The van der Waals surface area contributed by atoms with Crippen LogP contribution < -0.4 is 0 Å². The number of hydrogen-bond acceptors (Lipinski definition) is 3. The Labute approximate surface area is 85.3 Å². The Kier molecular flexibility index (Phi) is 3.90. The number of aliphatic hydroxyl groups is 2. The van der Waals surface area contributed by atoms with Crippen LogP contribution in [0.5, 0.6) is 0 Å². The van der Waals surface area contributed by atoms with Crippen molar-refractivity contribution in [3.63, 3.8) is 0 Å². The van der Waals surface area contributed by atoms with E-state index in [-0.39, 0.29) is 6.61 Å². The van der Waals surface area contributed by atoms with Gasteiger partial charge in [-0.2, -0.15) is 5.10 Å². The molecule has 0 aliphatic heterocycles. The monoisotopic (exact) mass is 248 g/mol. The first-order valence-corrected chi connectivity index (χ1v) is 4.92. The van der Waals surface area contributed by atoms with E-state index in [9.17, 15) is 5.11 Å². The lowest BCUT2D eigenvalue weighted by Crippen LogP contribution is -2.06. The summed E-state index contributed by atoms with van der Waals surface area (Å²) in [4.78, 5) is 0. The van der Waals surface area contributed by atoms with Crippen molar-refractivity contribution in [1.82, 2.24) is 9.78 Å². The van der Waals surface area contributed by atoms with E-state index >= 15 is 0 Å². The first kappa shape index (κ1) is 10.7. The molecule has 1 heterocycles. The van der Waals surface area contributed by atoms with E-state index < -0.39 is 6.10 Å². The van der Waals surface area contributed by atoms with Gasteiger partial charge >= 0.3 is 0 Å². The lowest BCUT2D eigenvalue weighted by atomic mass is 10.1. The minimum Gasteiger partial charge on any atom is -0.396 e. The average molecular weight is 249 g/mol. The highest BCUT2D eigenvalue weighted by Crippen LogP contribution is 2.25. The maximum atomic E-state index is 9.70. The highest BCUT2D eigenvalue weighted by atomic mass is 79.9. The molecule has 1 aromatic rings. The van der Waals surface area contributed by atoms with Crippen LogP contribution in [0.4, 0.5) is 0 Å². The second-order valence-corrected chi connectivity index (χ2v) is 3.74. The van der Waals surface area contributed by atoms with Gasteiger partial charge in [-0.15, -0.1) is 0 Å². The topological polar surface area (TPSA) is 58.3 Å². The molecule has 0 radical (unpaired) electrons. The van der Waals surface area contributed by atoms with Crippen molar-refractivity contribution in [3.05, 3.63) is 16.4 Å². The van der Waals surface area contributed by atoms with E-state index in [4.69, 9.17) is 5.11 Å². The molecule has 2 N–H and O–H groups in total. The Morgan fingerprint density at radius 1 is 1.69 bits per heavy atom. The summed E-state index contributed by atoms with van der Waals surface area (Å²) in [5.74, 6) is 0. The van der Waals surface area contributed by atoms with Gasteiger partial charge in [-0.1, -0.05) is 0 Å². The highest BCUT2D eigenvalue weighted by molar-refractivity contribution is 9.10. The molecule has 0 aromatic carbocycles. The molecule has 74 valence electrons. The number of hydrogen-bond donors (Lipinski definition) is 2. The van der Waals surface area contributed by atoms with Crippen molar-refractivity contribution in [2.24, 2.45) is 7.05 Å². The van der Waals surface area contributed by atoms with Crippen LogP contribution in [0.15, 0.2) is 10.7 Å². The van der Waals surface area contributed by atoms with Gasteiger partial charge in [0.25, 0.3) is 0 Å². The zero-order chi connectivity index (χ0) is 9.84. The molecule has 0 amide bonds. The number of aliphatic hydroxyl groups excluding tert-OH is 2. The van der Waals surface area contributed by atoms with E-state index in [2.05, 4.69) is 21.0 Å². The van der Waals surface area contributed by atoms with Crippen molar-refractivity contribution in [2.45, 2.75) is 18.9 Å². The van der Waals surface area contributed by atoms with Crippen molar-refractivity contribution < 1.29 is 10.2 Å². The lowest BCUT2D eigenvalue weighted by molar-refractivity contribution is 0.143. The van der Waals surface area contributed by atoms with Gasteiger partial charge in [-0.25, -0.2) is 0 Å². The fourth-order valence-corrected chi connectivity index (χ4v) is 1.83. The van der Waals surface area contributed by atoms with E-state index in [0.29, 0.717) is 12.8 Å². The molecule has 13 heavy (non-hydrogen) atoms. The summed E-state index contributed by atoms with van der Waals surface area (Å²) in [7, 11) is 1.78. The molecule has 1 atom stereocenters. The second kappa shape index (κ2) is 4.74. The summed E-state index contributed by atoms with van der Waals surface area (Å²) in [6.45, 7) is 0.104. The first-order valence-electron chi connectivity index (χ1n) is 4.13. The largest absolute Gasteiger partial charge is 0.396 e. The SMILES string of the molecule is Cn1ncc(Br)c1C(O)CCCO. The molecular formula is C8H13BrN2O2. The third kappa shape index (κ3) is 2.52. The Morgan fingerprint density at radius 2 is 2.38 bits per heavy atom. The predicted octanol–water partition coefficient (Wildman–Crippen LogP) is 0.988. The van der Waals surface area contributed by atoms with Crippen LogP contribution in [0.2, 0.25) is 0 Å². The summed E-state index contributed by atoms with van der Waals surface area (Å²) in [6.07, 6.45) is 2.24. The molecule has 0 bridgehead atoms. The molecule has 5 heteroatoms. The molecule has 4 nitrogen and oxygen atoms in total. The Morgan fingerprint density at radius 3 is 2.85 bits per heavy atom. The van der Waals surface area contributed by atoms with Gasteiger partial charge in [-0.05, 0) is 28.8 Å². The third-order valence-corrected chi connectivity index (χ3v) is 2.50. The normalized spacial score (nSPS) is 13.2. The van der Waals surface area contributed by atoms with Crippen LogP contribution in [0.3, 0.4) is 0 Å². The van der Waals surface area contributed by atoms with Gasteiger partial charge in [0.05, 0.1) is 22.5 Å².